The molecule has 1 fully saturated rings. The molecule has 33 heavy (non-hydrogen) atoms. The van der Waals surface area contributed by atoms with Crippen LogP contribution in [0.15, 0.2) is 66.7 Å². The van der Waals surface area contributed by atoms with Gasteiger partial charge >= 0.3 is 0 Å². The molecule has 1 aliphatic heterocycles. The molecule has 0 bridgehead atoms. The maximum atomic E-state index is 13.1. The Morgan fingerprint density at radius 3 is 2.45 bits per heavy atom. The molecule has 3 aromatic carbocycles. The van der Waals surface area contributed by atoms with E-state index in [-0.39, 0.29) is 5.91 Å². The van der Waals surface area contributed by atoms with Crippen molar-refractivity contribution in [3.8, 4) is 11.5 Å². The SMILES string of the molecule is COc1cc(C(=O)Nc2ccccc2N2CCN(C)CC2)ccc1OCc1ccccc1Cl. The lowest BCUT2D eigenvalue weighted by Crippen LogP contribution is -2.44. The Hall–Kier alpha value is -3.22. The standard InChI is InChI=1S/C26H28ClN3O3/c1-29-13-15-30(16-14-29)23-10-6-5-9-22(23)28-26(31)19-11-12-24(25(17-19)32-2)33-18-20-7-3-4-8-21(20)27/h3-12,17H,13-16,18H2,1-2H3,(H,28,31). The van der Waals surface area contributed by atoms with Gasteiger partial charge in [-0.15, -0.1) is 0 Å². The maximum absolute atomic E-state index is 13.1. The molecule has 0 aliphatic carbocycles. The zero-order valence-corrected chi connectivity index (χ0v) is 19.6. The lowest BCUT2D eigenvalue weighted by atomic mass is 10.1. The van der Waals surface area contributed by atoms with Crippen LogP contribution in [-0.2, 0) is 6.61 Å². The van der Waals surface area contributed by atoms with E-state index in [1.165, 1.54) is 0 Å². The van der Waals surface area contributed by atoms with E-state index >= 15 is 0 Å². The number of rotatable bonds is 7. The number of hydrogen-bond donors (Lipinski definition) is 1. The Morgan fingerprint density at radius 1 is 0.970 bits per heavy atom. The Bertz CT molecular complexity index is 1110. The van der Waals surface area contributed by atoms with Crippen molar-refractivity contribution in [2.24, 2.45) is 0 Å². The lowest BCUT2D eigenvalue weighted by molar-refractivity contribution is 0.102. The highest BCUT2D eigenvalue weighted by atomic mass is 35.5. The molecule has 0 saturated carbocycles. The molecule has 1 aliphatic rings. The molecule has 0 aromatic heterocycles. The van der Waals surface area contributed by atoms with Gasteiger partial charge in [0.05, 0.1) is 18.5 Å². The molecule has 6 nitrogen and oxygen atoms in total. The number of likely N-dealkylation sites (N-methyl/N-ethyl adjacent to an activating group) is 1. The van der Waals surface area contributed by atoms with Crippen molar-refractivity contribution in [1.29, 1.82) is 0 Å². The van der Waals surface area contributed by atoms with Gasteiger partial charge in [-0.05, 0) is 43.4 Å². The molecule has 7 heteroatoms. The lowest BCUT2D eigenvalue weighted by Gasteiger charge is -2.35. The Kier molecular flexibility index (Phi) is 7.37. The quantitative estimate of drug-likeness (QED) is 0.536. The molecule has 0 unspecified atom stereocenters. The summed E-state index contributed by atoms with van der Waals surface area (Å²) in [6.45, 7) is 4.15. The van der Waals surface area contributed by atoms with Gasteiger partial charge in [0.15, 0.2) is 11.5 Å². The zero-order chi connectivity index (χ0) is 23.2. The number of nitrogens with zero attached hydrogens (tertiary/aromatic N) is 2. The first-order valence-corrected chi connectivity index (χ1v) is 11.3. The summed E-state index contributed by atoms with van der Waals surface area (Å²) in [4.78, 5) is 17.7. The van der Waals surface area contributed by atoms with Crippen LogP contribution in [0.3, 0.4) is 0 Å². The number of piperazine rings is 1. The van der Waals surface area contributed by atoms with Crippen LogP contribution < -0.4 is 19.7 Å². The average molecular weight is 466 g/mol. The van der Waals surface area contributed by atoms with Gasteiger partial charge < -0.3 is 24.6 Å². The fourth-order valence-corrected chi connectivity index (χ4v) is 3.99. The van der Waals surface area contributed by atoms with Crippen LogP contribution in [0, 0.1) is 0 Å². The third-order valence-electron chi connectivity index (χ3n) is 5.76. The fourth-order valence-electron chi connectivity index (χ4n) is 3.80. The molecule has 4 rings (SSSR count). The largest absolute Gasteiger partial charge is 0.493 e. The van der Waals surface area contributed by atoms with Gasteiger partial charge in [-0.3, -0.25) is 4.79 Å². The van der Waals surface area contributed by atoms with Crippen LogP contribution in [0.25, 0.3) is 0 Å². The van der Waals surface area contributed by atoms with E-state index in [0.717, 1.165) is 43.1 Å². The predicted molar refractivity (Wildman–Crippen MR) is 133 cm³/mol. The van der Waals surface area contributed by atoms with Gasteiger partial charge in [0, 0.05) is 42.3 Å². The summed E-state index contributed by atoms with van der Waals surface area (Å²) in [6.07, 6.45) is 0. The Balaban J connectivity index is 1.47. The Morgan fingerprint density at radius 2 is 1.70 bits per heavy atom. The number of benzene rings is 3. The highest BCUT2D eigenvalue weighted by molar-refractivity contribution is 6.31. The summed E-state index contributed by atoms with van der Waals surface area (Å²) >= 11 is 6.21. The first-order valence-electron chi connectivity index (χ1n) is 10.9. The minimum Gasteiger partial charge on any atom is -0.493 e. The van der Waals surface area contributed by atoms with Crippen molar-refractivity contribution in [3.05, 3.63) is 82.9 Å². The Labute approximate surface area is 199 Å². The van der Waals surface area contributed by atoms with E-state index in [9.17, 15) is 4.79 Å². The molecule has 172 valence electrons. The van der Waals surface area contributed by atoms with Crippen molar-refractivity contribution >= 4 is 28.9 Å². The minimum atomic E-state index is -0.201. The number of ether oxygens (including phenoxy) is 2. The average Bonchev–Trinajstić information content (AvgIpc) is 2.84. The van der Waals surface area contributed by atoms with Crippen LogP contribution in [-0.4, -0.2) is 51.1 Å². The number of hydrogen-bond acceptors (Lipinski definition) is 5. The number of carbonyl (C=O) groups is 1. The van der Waals surface area contributed by atoms with Gasteiger partial charge in [-0.2, -0.15) is 0 Å². The van der Waals surface area contributed by atoms with Crippen LogP contribution >= 0.6 is 11.6 Å². The first-order chi connectivity index (χ1) is 16.0. The summed E-state index contributed by atoms with van der Waals surface area (Å²) in [5.74, 6) is 0.835. The van der Waals surface area contributed by atoms with Crippen molar-refractivity contribution in [3.63, 3.8) is 0 Å². The topological polar surface area (TPSA) is 54.0 Å². The number of halogens is 1. The predicted octanol–water partition coefficient (Wildman–Crippen LogP) is 4.93. The highest BCUT2D eigenvalue weighted by Crippen LogP contribution is 2.31. The molecule has 0 radical (unpaired) electrons. The van der Waals surface area contributed by atoms with Crippen molar-refractivity contribution in [2.45, 2.75) is 6.61 Å². The molecular formula is C26H28ClN3O3. The number of nitrogens with one attached hydrogen (secondary N) is 1. The van der Waals surface area contributed by atoms with Gasteiger partial charge in [-0.1, -0.05) is 41.9 Å². The van der Waals surface area contributed by atoms with Crippen LogP contribution in [0.5, 0.6) is 11.5 Å². The number of anilines is 2. The molecular weight excluding hydrogens is 438 g/mol. The van der Waals surface area contributed by atoms with E-state index in [2.05, 4.69) is 22.2 Å². The monoisotopic (exact) mass is 465 g/mol. The summed E-state index contributed by atoms with van der Waals surface area (Å²) in [7, 11) is 3.68. The highest BCUT2D eigenvalue weighted by Gasteiger charge is 2.19. The van der Waals surface area contributed by atoms with E-state index in [0.29, 0.717) is 28.7 Å². The fraction of sp³-hybridized carbons (Fsp3) is 0.269. The second-order valence-electron chi connectivity index (χ2n) is 8.01. The van der Waals surface area contributed by atoms with E-state index in [1.54, 1.807) is 25.3 Å². The second kappa shape index (κ2) is 10.6. The molecule has 1 N–H and O–H groups in total. The summed E-state index contributed by atoms with van der Waals surface area (Å²) in [6, 6.07) is 20.6. The van der Waals surface area contributed by atoms with Gasteiger partial charge in [0.2, 0.25) is 0 Å². The summed E-state index contributed by atoms with van der Waals surface area (Å²) < 4.78 is 11.4. The maximum Gasteiger partial charge on any atom is 0.255 e. The van der Waals surface area contributed by atoms with Crippen molar-refractivity contribution in [1.82, 2.24) is 4.90 Å². The van der Waals surface area contributed by atoms with Crippen LogP contribution in [0.2, 0.25) is 5.02 Å². The molecule has 0 atom stereocenters. The minimum absolute atomic E-state index is 0.201. The van der Waals surface area contributed by atoms with Gasteiger partial charge in [0.1, 0.15) is 6.61 Å². The van der Waals surface area contributed by atoms with Crippen molar-refractivity contribution < 1.29 is 14.3 Å². The number of para-hydroxylation sites is 2. The molecule has 1 amide bonds. The molecule has 0 spiro atoms. The first kappa shape index (κ1) is 23.0. The zero-order valence-electron chi connectivity index (χ0n) is 18.9. The van der Waals surface area contributed by atoms with E-state index < -0.39 is 0 Å². The number of methoxy groups -OCH3 is 1. The smallest absolute Gasteiger partial charge is 0.255 e. The second-order valence-corrected chi connectivity index (χ2v) is 8.41. The number of amides is 1. The molecule has 1 saturated heterocycles. The third kappa shape index (κ3) is 5.59. The number of carbonyl (C=O) groups excluding carboxylic acids is 1. The molecule has 1 heterocycles. The summed E-state index contributed by atoms with van der Waals surface area (Å²) in [5, 5.41) is 3.71. The van der Waals surface area contributed by atoms with Gasteiger partial charge in [-0.25, -0.2) is 0 Å². The van der Waals surface area contributed by atoms with E-state index in [4.69, 9.17) is 21.1 Å². The molecule has 3 aromatic rings. The van der Waals surface area contributed by atoms with Crippen LogP contribution in [0.4, 0.5) is 11.4 Å². The van der Waals surface area contributed by atoms with Crippen LogP contribution in [0.1, 0.15) is 15.9 Å². The van der Waals surface area contributed by atoms with Gasteiger partial charge in [0.25, 0.3) is 5.91 Å². The van der Waals surface area contributed by atoms with E-state index in [1.807, 2.05) is 48.5 Å². The summed E-state index contributed by atoms with van der Waals surface area (Å²) in [5.41, 5.74) is 3.20. The third-order valence-corrected chi connectivity index (χ3v) is 6.13. The van der Waals surface area contributed by atoms with Crippen molar-refractivity contribution in [2.75, 3.05) is 50.6 Å². The normalized spacial score (nSPS) is 14.1.